The van der Waals surface area contributed by atoms with E-state index in [1.807, 2.05) is 12.1 Å². The zero-order valence-corrected chi connectivity index (χ0v) is 17.1. The Hall–Kier alpha value is -2.45. The second kappa shape index (κ2) is 9.37. The third kappa shape index (κ3) is 5.55. The summed E-state index contributed by atoms with van der Waals surface area (Å²) in [5.41, 5.74) is 0.689. The van der Waals surface area contributed by atoms with Gasteiger partial charge in [0.2, 0.25) is 15.9 Å². The summed E-state index contributed by atoms with van der Waals surface area (Å²) in [4.78, 5) is 12.3. The van der Waals surface area contributed by atoms with E-state index in [0.29, 0.717) is 56.1 Å². The fourth-order valence-electron chi connectivity index (χ4n) is 3.45. The van der Waals surface area contributed by atoms with E-state index in [-0.39, 0.29) is 10.8 Å². The third-order valence-electron chi connectivity index (χ3n) is 5.16. The van der Waals surface area contributed by atoms with Gasteiger partial charge >= 0.3 is 0 Å². The zero-order chi connectivity index (χ0) is 20.9. The van der Waals surface area contributed by atoms with Gasteiger partial charge in [-0.15, -0.1) is 0 Å². The van der Waals surface area contributed by atoms with Crippen LogP contribution in [0.2, 0.25) is 0 Å². The van der Waals surface area contributed by atoms with Crippen LogP contribution in [0.3, 0.4) is 0 Å². The number of hydrogen-bond donors (Lipinski definition) is 1. The van der Waals surface area contributed by atoms with Crippen LogP contribution in [0.4, 0.5) is 10.1 Å². The van der Waals surface area contributed by atoms with Crippen LogP contribution >= 0.6 is 0 Å². The normalized spacial score (nSPS) is 15.8. The van der Waals surface area contributed by atoms with Crippen molar-refractivity contribution in [3.8, 4) is 5.75 Å². The summed E-state index contributed by atoms with van der Waals surface area (Å²) in [5, 5.41) is 2.86. The number of nitrogens with zero attached hydrogens (tertiary/aromatic N) is 1. The summed E-state index contributed by atoms with van der Waals surface area (Å²) in [5.74, 6) is 0.442. The molecule has 1 aliphatic rings. The molecule has 1 fully saturated rings. The molecule has 156 valence electrons. The monoisotopic (exact) mass is 420 g/mol. The van der Waals surface area contributed by atoms with Gasteiger partial charge in [-0.05, 0) is 61.6 Å². The molecule has 1 N–H and O–H groups in total. The van der Waals surface area contributed by atoms with Crippen molar-refractivity contribution in [1.29, 1.82) is 0 Å². The first-order chi connectivity index (χ1) is 13.9. The molecular weight excluding hydrogens is 395 g/mol. The molecule has 2 aromatic rings. The molecule has 6 nitrogen and oxygen atoms in total. The number of sulfonamides is 1. The Labute approximate surface area is 170 Å². The number of piperidine rings is 1. The van der Waals surface area contributed by atoms with E-state index in [0.717, 1.165) is 12.1 Å². The predicted molar refractivity (Wildman–Crippen MR) is 109 cm³/mol. The minimum absolute atomic E-state index is 0.0698. The first-order valence-corrected chi connectivity index (χ1v) is 11.0. The molecule has 0 spiro atoms. The molecule has 0 radical (unpaired) electrons. The van der Waals surface area contributed by atoms with Gasteiger partial charge in [0.1, 0.15) is 11.6 Å². The Balaban J connectivity index is 1.47. The predicted octanol–water partition coefficient (Wildman–Crippen LogP) is 3.65. The Morgan fingerprint density at radius 2 is 1.86 bits per heavy atom. The number of halogens is 1. The van der Waals surface area contributed by atoms with Crippen molar-refractivity contribution in [2.45, 2.75) is 30.6 Å². The molecule has 0 aliphatic carbocycles. The van der Waals surface area contributed by atoms with Gasteiger partial charge in [-0.3, -0.25) is 4.79 Å². The maximum absolute atomic E-state index is 13.0. The number of rotatable bonds is 7. The lowest BCUT2D eigenvalue weighted by molar-refractivity contribution is -0.116. The highest BCUT2D eigenvalue weighted by Gasteiger charge is 2.29. The molecule has 3 rings (SSSR count). The number of hydrogen-bond acceptors (Lipinski definition) is 4. The summed E-state index contributed by atoms with van der Waals surface area (Å²) in [6.45, 7) is 0.809. The van der Waals surface area contributed by atoms with E-state index in [1.54, 1.807) is 19.2 Å². The summed E-state index contributed by atoms with van der Waals surface area (Å²) >= 11 is 0. The SMILES string of the molecule is COc1cccc(NC(=O)CCC2CCN(S(=O)(=O)c3ccc(F)cc3)CC2)c1. The van der Waals surface area contributed by atoms with Crippen molar-refractivity contribution in [3.63, 3.8) is 0 Å². The molecule has 0 saturated carbocycles. The first-order valence-electron chi connectivity index (χ1n) is 9.58. The molecule has 0 aromatic heterocycles. The van der Waals surface area contributed by atoms with Gasteiger partial charge in [-0.1, -0.05) is 6.07 Å². The Kier molecular flexibility index (Phi) is 6.87. The minimum Gasteiger partial charge on any atom is -0.497 e. The van der Waals surface area contributed by atoms with Crippen molar-refractivity contribution >= 4 is 21.6 Å². The molecule has 0 atom stereocenters. The quantitative estimate of drug-likeness (QED) is 0.742. The maximum Gasteiger partial charge on any atom is 0.243 e. The molecule has 29 heavy (non-hydrogen) atoms. The minimum atomic E-state index is -3.61. The lowest BCUT2D eigenvalue weighted by atomic mass is 9.93. The lowest BCUT2D eigenvalue weighted by Gasteiger charge is -2.31. The summed E-state index contributed by atoms with van der Waals surface area (Å²) in [6, 6.07) is 12.1. The number of anilines is 1. The van der Waals surface area contributed by atoms with Gasteiger partial charge in [0, 0.05) is 31.3 Å². The zero-order valence-electron chi connectivity index (χ0n) is 16.3. The van der Waals surface area contributed by atoms with Crippen LogP contribution in [0, 0.1) is 11.7 Å². The average molecular weight is 421 g/mol. The average Bonchev–Trinajstić information content (AvgIpc) is 2.73. The summed E-state index contributed by atoms with van der Waals surface area (Å²) < 4.78 is 44.9. The van der Waals surface area contributed by atoms with Crippen LogP contribution < -0.4 is 10.1 Å². The van der Waals surface area contributed by atoms with Crippen LogP contribution in [0.1, 0.15) is 25.7 Å². The van der Waals surface area contributed by atoms with E-state index >= 15 is 0 Å². The molecule has 0 unspecified atom stereocenters. The largest absolute Gasteiger partial charge is 0.497 e. The van der Waals surface area contributed by atoms with Gasteiger partial charge in [-0.25, -0.2) is 12.8 Å². The fraction of sp³-hybridized carbons (Fsp3) is 0.381. The van der Waals surface area contributed by atoms with Gasteiger partial charge in [0.15, 0.2) is 0 Å². The Morgan fingerprint density at radius 3 is 2.52 bits per heavy atom. The number of carbonyl (C=O) groups excluding carboxylic acids is 1. The van der Waals surface area contributed by atoms with E-state index in [9.17, 15) is 17.6 Å². The van der Waals surface area contributed by atoms with E-state index in [2.05, 4.69) is 5.32 Å². The van der Waals surface area contributed by atoms with Gasteiger partial charge in [0.25, 0.3) is 0 Å². The maximum atomic E-state index is 13.0. The van der Waals surface area contributed by atoms with Gasteiger partial charge in [-0.2, -0.15) is 4.31 Å². The van der Waals surface area contributed by atoms with Crippen molar-refractivity contribution in [3.05, 3.63) is 54.3 Å². The van der Waals surface area contributed by atoms with E-state index in [4.69, 9.17) is 4.74 Å². The molecule has 8 heteroatoms. The topological polar surface area (TPSA) is 75.7 Å². The van der Waals surface area contributed by atoms with Gasteiger partial charge < -0.3 is 10.1 Å². The molecule has 1 heterocycles. The van der Waals surface area contributed by atoms with Crippen LogP contribution in [0.15, 0.2) is 53.4 Å². The fourth-order valence-corrected chi connectivity index (χ4v) is 4.92. The Bertz CT molecular complexity index is 939. The molecule has 1 amide bonds. The van der Waals surface area contributed by atoms with Crippen molar-refractivity contribution in [2.75, 3.05) is 25.5 Å². The van der Waals surface area contributed by atoms with E-state index in [1.165, 1.54) is 16.4 Å². The number of ether oxygens (including phenoxy) is 1. The molecule has 2 aromatic carbocycles. The van der Waals surface area contributed by atoms with Crippen LogP contribution in [-0.4, -0.2) is 38.8 Å². The number of nitrogens with one attached hydrogen (secondary N) is 1. The Morgan fingerprint density at radius 1 is 1.17 bits per heavy atom. The number of methoxy groups -OCH3 is 1. The smallest absolute Gasteiger partial charge is 0.243 e. The van der Waals surface area contributed by atoms with Crippen molar-refractivity contribution in [2.24, 2.45) is 5.92 Å². The molecule has 1 aliphatic heterocycles. The highest BCUT2D eigenvalue weighted by Crippen LogP contribution is 2.27. The number of benzene rings is 2. The third-order valence-corrected chi connectivity index (χ3v) is 7.07. The lowest BCUT2D eigenvalue weighted by Crippen LogP contribution is -2.38. The second-order valence-electron chi connectivity index (χ2n) is 7.12. The number of amides is 1. The summed E-state index contributed by atoms with van der Waals surface area (Å²) in [6.07, 6.45) is 2.49. The highest BCUT2D eigenvalue weighted by atomic mass is 32.2. The standard InChI is InChI=1S/C21H25FN2O4S/c1-28-19-4-2-3-18(15-19)23-21(25)10-5-16-11-13-24(14-12-16)29(26,27)20-8-6-17(22)7-9-20/h2-4,6-9,15-16H,5,10-14H2,1H3,(H,23,25). The summed E-state index contributed by atoms with van der Waals surface area (Å²) in [7, 11) is -2.03. The first kappa shape index (κ1) is 21.3. The van der Waals surface area contributed by atoms with Gasteiger partial charge in [0.05, 0.1) is 12.0 Å². The second-order valence-corrected chi connectivity index (χ2v) is 9.06. The molecule has 0 bridgehead atoms. The molecule has 1 saturated heterocycles. The van der Waals surface area contributed by atoms with Crippen LogP contribution in [0.25, 0.3) is 0 Å². The highest BCUT2D eigenvalue weighted by molar-refractivity contribution is 7.89. The van der Waals surface area contributed by atoms with Crippen LogP contribution in [0.5, 0.6) is 5.75 Å². The number of carbonyl (C=O) groups is 1. The van der Waals surface area contributed by atoms with Crippen molar-refractivity contribution < 1.29 is 22.3 Å². The van der Waals surface area contributed by atoms with E-state index < -0.39 is 15.8 Å². The molecular formula is C21H25FN2O4S. The van der Waals surface area contributed by atoms with Crippen molar-refractivity contribution in [1.82, 2.24) is 4.31 Å². The van der Waals surface area contributed by atoms with Crippen LogP contribution in [-0.2, 0) is 14.8 Å².